The van der Waals surface area contributed by atoms with Gasteiger partial charge in [-0.3, -0.25) is 14.5 Å². The SMILES string of the molecule is CC(=O)NC1CCCN(C(=O)CN(C)Cc2nc3c(s2)CCCC3)C1. The number of rotatable bonds is 5. The lowest BCUT2D eigenvalue weighted by Gasteiger charge is -2.34. The van der Waals surface area contributed by atoms with Gasteiger partial charge in [0.2, 0.25) is 11.8 Å². The Balaban J connectivity index is 1.50. The summed E-state index contributed by atoms with van der Waals surface area (Å²) in [6.07, 6.45) is 6.67. The lowest BCUT2D eigenvalue weighted by atomic mass is 10.0. The van der Waals surface area contributed by atoms with E-state index < -0.39 is 0 Å². The average molecular weight is 365 g/mol. The second-order valence-corrected chi connectivity index (χ2v) is 8.40. The van der Waals surface area contributed by atoms with Gasteiger partial charge in [0.1, 0.15) is 5.01 Å². The predicted octanol–water partition coefficient (Wildman–Crippen LogP) is 1.58. The van der Waals surface area contributed by atoms with E-state index in [1.165, 1.54) is 30.3 Å². The topological polar surface area (TPSA) is 65.5 Å². The van der Waals surface area contributed by atoms with Crippen LogP contribution in [-0.2, 0) is 29.0 Å². The number of nitrogens with one attached hydrogen (secondary N) is 1. The summed E-state index contributed by atoms with van der Waals surface area (Å²) in [6, 6.07) is 0.0891. The first-order valence-electron chi connectivity index (χ1n) is 9.22. The molecule has 0 bridgehead atoms. The second kappa shape index (κ2) is 8.27. The number of hydrogen-bond donors (Lipinski definition) is 1. The van der Waals surface area contributed by atoms with Crippen LogP contribution in [0.15, 0.2) is 0 Å². The molecule has 25 heavy (non-hydrogen) atoms. The molecular formula is C18H28N4O2S. The number of fused-ring (bicyclic) bond motifs is 1. The number of aromatic nitrogens is 1. The fourth-order valence-electron chi connectivity index (χ4n) is 3.70. The molecule has 2 amide bonds. The summed E-state index contributed by atoms with van der Waals surface area (Å²) in [5.74, 6) is 0.114. The molecule has 1 aliphatic heterocycles. The van der Waals surface area contributed by atoms with Crippen molar-refractivity contribution in [2.45, 2.75) is 58.0 Å². The number of thiazole rings is 1. The quantitative estimate of drug-likeness (QED) is 0.862. The maximum atomic E-state index is 12.6. The van der Waals surface area contributed by atoms with Gasteiger partial charge in [-0.25, -0.2) is 4.98 Å². The zero-order valence-electron chi connectivity index (χ0n) is 15.2. The molecule has 1 aliphatic carbocycles. The van der Waals surface area contributed by atoms with E-state index in [1.807, 2.05) is 23.3 Å². The molecule has 1 unspecified atom stereocenters. The third-order valence-corrected chi connectivity index (χ3v) is 6.02. The largest absolute Gasteiger partial charge is 0.352 e. The van der Waals surface area contributed by atoms with Crippen molar-refractivity contribution < 1.29 is 9.59 Å². The highest BCUT2D eigenvalue weighted by atomic mass is 32.1. The zero-order chi connectivity index (χ0) is 17.8. The van der Waals surface area contributed by atoms with Crippen LogP contribution in [-0.4, -0.2) is 59.3 Å². The Morgan fingerprint density at radius 1 is 1.32 bits per heavy atom. The normalized spacial score (nSPS) is 20.4. The van der Waals surface area contributed by atoms with Gasteiger partial charge in [0.15, 0.2) is 0 Å². The average Bonchev–Trinajstić information content (AvgIpc) is 2.96. The van der Waals surface area contributed by atoms with Crippen LogP contribution in [0.1, 0.15) is 48.2 Å². The first-order chi connectivity index (χ1) is 12.0. The van der Waals surface area contributed by atoms with E-state index in [0.717, 1.165) is 43.8 Å². The van der Waals surface area contributed by atoms with Gasteiger partial charge in [0.05, 0.1) is 18.8 Å². The van der Waals surface area contributed by atoms with E-state index in [2.05, 4.69) is 10.2 Å². The lowest BCUT2D eigenvalue weighted by molar-refractivity contribution is -0.134. The van der Waals surface area contributed by atoms with E-state index in [1.54, 1.807) is 0 Å². The Labute approximate surface area is 153 Å². The van der Waals surface area contributed by atoms with Gasteiger partial charge in [-0.15, -0.1) is 11.3 Å². The number of piperidine rings is 1. The van der Waals surface area contributed by atoms with Crippen LogP contribution in [0.25, 0.3) is 0 Å². The number of hydrogen-bond acceptors (Lipinski definition) is 5. The number of carbonyl (C=O) groups excluding carboxylic acids is 2. The zero-order valence-corrected chi connectivity index (χ0v) is 16.0. The van der Waals surface area contributed by atoms with Gasteiger partial charge >= 0.3 is 0 Å². The summed E-state index contributed by atoms with van der Waals surface area (Å²) in [5, 5.41) is 4.05. The molecule has 138 valence electrons. The number of likely N-dealkylation sites (N-methyl/N-ethyl adjacent to an activating group) is 1. The van der Waals surface area contributed by atoms with Crippen molar-refractivity contribution in [3.05, 3.63) is 15.6 Å². The Bertz CT molecular complexity index is 607. The summed E-state index contributed by atoms with van der Waals surface area (Å²) in [4.78, 5) is 33.9. The van der Waals surface area contributed by atoms with Crippen molar-refractivity contribution in [3.63, 3.8) is 0 Å². The molecule has 1 aromatic rings. The van der Waals surface area contributed by atoms with Gasteiger partial charge in [0.25, 0.3) is 0 Å². The van der Waals surface area contributed by atoms with Crippen LogP contribution in [0.5, 0.6) is 0 Å². The standard InChI is InChI=1S/C18H28N4O2S/c1-13(23)19-14-6-5-9-22(10-14)18(24)12-21(2)11-17-20-15-7-3-4-8-16(15)25-17/h14H,3-12H2,1-2H3,(H,19,23). The lowest BCUT2D eigenvalue weighted by Crippen LogP contribution is -2.51. The fourth-order valence-corrected chi connectivity index (χ4v) is 4.94. The van der Waals surface area contributed by atoms with Crippen LogP contribution < -0.4 is 5.32 Å². The highest BCUT2D eigenvalue weighted by molar-refractivity contribution is 7.11. The van der Waals surface area contributed by atoms with E-state index in [4.69, 9.17) is 4.98 Å². The molecule has 3 rings (SSSR count). The maximum absolute atomic E-state index is 12.6. The minimum atomic E-state index is -0.0239. The van der Waals surface area contributed by atoms with Crippen molar-refractivity contribution >= 4 is 23.2 Å². The molecule has 2 heterocycles. The summed E-state index contributed by atoms with van der Waals surface area (Å²) >= 11 is 1.81. The van der Waals surface area contributed by atoms with Crippen LogP contribution in [0.4, 0.5) is 0 Å². The van der Waals surface area contributed by atoms with Crippen molar-refractivity contribution in [3.8, 4) is 0 Å². The minimum Gasteiger partial charge on any atom is -0.352 e. The van der Waals surface area contributed by atoms with E-state index in [0.29, 0.717) is 13.1 Å². The Kier molecular flexibility index (Phi) is 6.06. The highest BCUT2D eigenvalue weighted by Gasteiger charge is 2.25. The fraction of sp³-hybridized carbons (Fsp3) is 0.722. The summed E-state index contributed by atoms with van der Waals surface area (Å²) in [6.45, 7) is 4.07. The molecule has 0 saturated carbocycles. The highest BCUT2D eigenvalue weighted by Crippen LogP contribution is 2.27. The van der Waals surface area contributed by atoms with Gasteiger partial charge in [-0.1, -0.05) is 0 Å². The summed E-state index contributed by atoms with van der Waals surface area (Å²) in [5.41, 5.74) is 1.28. The van der Waals surface area contributed by atoms with Crippen molar-refractivity contribution in [1.82, 2.24) is 20.1 Å². The molecular weight excluding hydrogens is 336 g/mol. The molecule has 1 fully saturated rings. The number of amides is 2. The van der Waals surface area contributed by atoms with Crippen molar-refractivity contribution in [2.75, 3.05) is 26.7 Å². The second-order valence-electron chi connectivity index (χ2n) is 7.24. The molecule has 2 aliphatic rings. The third-order valence-electron chi connectivity index (χ3n) is 4.88. The maximum Gasteiger partial charge on any atom is 0.236 e. The molecule has 1 N–H and O–H groups in total. The third kappa shape index (κ3) is 5.01. The number of likely N-dealkylation sites (tertiary alicyclic amines) is 1. The molecule has 0 spiro atoms. The van der Waals surface area contributed by atoms with Crippen molar-refractivity contribution in [2.24, 2.45) is 0 Å². The Morgan fingerprint density at radius 3 is 2.88 bits per heavy atom. The monoisotopic (exact) mass is 364 g/mol. The first kappa shape index (κ1) is 18.3. The van der Waals surface area contributed by atoms with E-state index in [9.17, 15) is 9.59 Å². The minimum absolute atomic E-state index is 0.0239. The Morgan fingerprint density at radius 2 is 2.12 bits per heavy atom. The molecule has 7 heteroatoms. The number of carbonyl (C=O) groups is 2. The van der Waals surface area contributed by atoms with Gasteiger partial charge in [-0.2, -0.15) is 0 Å². The summed E-state index contributed by atoms with van der Waals surface area (Å²) < 4.78 is 0. The Hall–Kier alpha value is -1.47. The first-order valence-corrected chi connectivity index (χ1v) is 10.0. The van der Waals surface area contributed by atoms with Gasteiger partial charge in [-0.05, 0) is 45.6 Å². The van der Waals surface area contributed by atoms with Gasteiger partial charge in [0, 0.05) is 30.9 Å². The molecule has 1 atom stereocenters. The van der Waals surface area contributed by atoms with Crippen molar-refractivity contribution in [1.29, 1.82) is 0 Å². The van der Waals surface area contributed by atoms with E-state index >= 15 is 0 Å². The van der Waals surface area contributed by atoms with Crippen LogP contribution in [0.2, 0.25) is 0 Å². The van der Waals surface area contributed by atoms with Crippen LogP contribution in [0.3, 0.4) is 0 Å². The van der Waals surface area contributed by atoms with Crippen LogP contribution >= 0.6 is 11.3 Å². The van der Waals surface area contributed by atoms with Crippen LogP contribution in [0, 0.1) is 0 Å². The number of aryl methyl sites for hydroxylation is 2. The molecule has 1 aromatic heterocycles. The molecule has 1 saturated heterocycles. The predicted molar refractivity (Wildman–Crippen MR) is 98.5 cm³/mol. The number of nitrogens with zero attached hydrogens (tertiary/aromatic N) is 3. The summed E-state index contributed by atoms with van der Waals surface area (Å²) in [7, 11) is 1.98. The molecule has 0 radical (unpaired) electrons. The van der Waals surface area contributed by atoms with Gasteiger partial charge < -0.3 is 10.2 Å². The molecule has 0 aromatic carbocycles. The molecule has 6 nitrogen and oxygen atoms in total. The smallest absolute Gasteiger partial charge is 0.236 e. The van der Waals surface area contributed by atoms with E-state index in [-0.39, 0.29) is 17.9 Å².